The lowest BCUT2D eigenvalue weighted by Crippen LogP contribution is -2.50. The minimum absolute atomic E-state index is 0.239. The van der Waals surface area contributed by atoms with E-state index in [1.165, 1.54) is 0 Å². The molecule has 0 bridgehead atoms. The van der Waals surface area contributed by atoms with Crippen molar-refractivity contribution in [1.29, 1.82) is 0 Å². The summed E-state index contributed by atoms with van der Waals surface area (Å²) in [5.41, 5.74) is 1.96. The Labute approximate surface area is 159 Å². The van der Waals surface area contributed by atoms with Crippen molar-refractivity contribution in [3.05, 3.63) is 35.1 Å². The van der Waals surface area contributed by atoms with Crippen molar-refractivity contribution in [2.45, 2.75) is 52.5 Å². The number of hydrogen-bond donors (Lipinski definition) is 0. The van der Waals surface area contributed by atoms with Crippen LogP contribution in [0.4, 0.5) is 5.82 Å². The lowest BCUT2D eigenvalue weighted by molar-refractivity contribution is -0.132. The van der Waals surface area contributed by atoms with Gasteiger partial charge in [0, 0.05) is 37.8 Å². The molecular formula is C20H27N5O2. The Morgan fingerprint density at radius 3 is 2.81 bits per heavy atom. The molecule has 2 aromatic rings. The zero-order valence-corrected chi connectivity index (χ0v) is 16.3. The lowest BCUT2D eigenvalue weighted by Gasteiger charge is -2.39. The lowest BCUT2D eigenvalue weighted by atomic mass is 9.92. The molecule has 4 rings (SSSR count). The van der Waals surface area contributed by atoms with Crippen molar-refractivity contribution in [3.8, 4) is 0 Å². The number of carbonyl (C=O) groups is 1. The number of aromatic nitrogens is 3. The maximum Gasteiger partial charge on any atom is 0.223 e. The molecule has 0 radical (unpaired) electrons. The summed E-state index contributed by atoms with van der Waals surface area (Å²) in [6, 6.07) is 2.25. The fraction of sp³-hybridized carbons (Fsp3) is 0.600. The van der Waals surface area contributed by atoms with Crippen LogP contribution in [0.5, 0.6) is 0 Å². The first-order chi connectivity index (χ1) is 13.0. The van der Waals surface area contributed by atoms with Gasteiger partial charge in [-0.1, -0.05) is 5.16 Å². The van der Waals surface area contributed by atoms with Gasteiger partial charge in [-0.05, 0) is 52.0 Å². The third-order valence-electron chi connectivity index (χ3n) is 6.04. The number of hydrogen-bond acceptors (Lipinski definition) is 6. The number of aryl methyl sites for hydroxylation is 3. The second kappa shape index (κ2) is 7.29. The SMILES string of the molecule is Cc1nccc(N2CCC3CCN(C(=O)CCc4c(C)noc4C)C3C2)n1. The van der Waals surface area contributed by atoms with E-state index in [1.54, 1.807) is 0 Å². The summed E-state index contributed by atoms with van der Waals surface area (Å²) in [7, 11) is 0. The molecule has 2 aromatic heterocycles. The highest BCUT2D eigenvalue weighted by Crippen LogP contribution is 2.33. The number of piperidine rings is 1. The van der Waals surface area contributed by atoms with E-state index in [0.29, 0.717) is 18.8 Å². The van der Waals surface area contributed by atoms with Crippen LogP contribution < -0.4 is 4.90 Å². The van der Waals surface area contributed by atoms with Crippen molar-refractivity contribution >= 4 is 11.7 Å². The molecule has 2 aliphatic rings. The molecule has 7 heteroatoms. The maximum absolute atomic E-state index is 12.9. The van der Waals surface area contributed by atoms with Crippen molar-refractivity contribution in [2.75, 3.05) is 24.5 Å². The molecule has 2 fully saturated rings. The van der Waals surface area contributed by atoms with Crippen LogP contribution in [0.1, 0.15) is 42.1 Å². The molecule has 4 heterocycles. The summed E-state index contributed by atoms with van der Waals surface area (Å²) in [6.07, 6.45) is 5.24. The largest absolute Gasteiger partial charge is 0.361 e. The Morgan fingerprint density at radius 1 is 1.26 bits per heavy atom. The molecule has 144 valence electrons. The second-order valence-electron chi connectivity index (χ2n) is 7.70. The second-order valence-corrected chi connectivity index (χ2v) is 7.70. The summed E-state index contributed by atoms with van der Waals surface area (Å²) in [5, 5.41) is 3.99. The van der Waals surface area contributed by atoms with Gasteiger partial charge in [-0.3, -0.25) is 4.79 Å². The van der Waals surface area contributed by atoms with Crippen molar-refractivity contribution in [3.63, 3.8) is 0 Å². The smallest absolute Gasteiger partial charge is 0.223 e. The molecule has 27 heavy (non-hydrogen) atoms. The molecule has 0 N–H and O–H groups in total. The van der Waals surface area contributed by atoms with Gasteiger partial charge in [0.25, 0.3) is 0 Å². The van der Waals surface area contributed by atoms with Crippen molar-refractivity contribution in [2.24, 2.45) is 5.92 Å². The molecule has 7 nitrogen and oxygen atoms in total. The van der Waals surface area contributed by atoms with Gasteiger partial charge in [0.1, 0.15) is 17.4 Å². The van der Waals surface area contributed by atoms with Crippen LogP contribution in [-0.4, -0.2) is 51.6 Å². The first-order valence-corrected chi connectivity index (χ1v) is 9.78. The van der Waals surface area contributed by atoms with Gasteiger partial charge in [0.15, 0.2) is 0 Å². The zero-order chi connectivity index (χ0) is 19.0. The quantitative estimate of drug-likeness (QED) is 0.824. The predicted molar refractivity (Wildman–Crippen MR) is 102 cm³/mol. The highest BCUT2D eigenvalue weighted by molar-refractivity contribution is 5.77. The first kappa shape index (κ1) is 17.9. The Kier molecular flexibility index (Phi) is 4.85. The Hall–Kier alpha value is -2.44. The van der Waals surface area contributed by atoms with E-state index in [2.05, 4.69) is 24.9 Å². The van der Waals surface area contributed by atoms with Crippen LogP contribution in [0.2, 0.25) is 0 Å². The van der Waals surface area contributed by atoms with Crippen LogP contribution in [0.15, 0.2) is 16.8 Å². The highest BCUT2D eigenvalue weighted by atomic mass is 16.5. The van der Waals surface area contributed by atoms with Gasteiger partial charge >= 0.3 is 0 Å². The molecule has 2 aliphatic heterocycles. The van der Waals surface area contributed by atoms with Gasteiger partial charge in [-0.25, -0.2) is 9.97 Å². The Bertz CT molecular complexity index is 814. The number of likely N-dealkylation sites (tertiary alicyclic amines) is 1. The van der Waals surface area contributed by atoms with Gasteiger partial charge in [-0.15, -0.1) is 0 Å². The highest BCUT2D eigenvalue weighted by Gasteiger charge is 2.40. The topological polar surface area (TPSA) is 75.4 Å². The Balaban J connectivity index is 1.42. The molecular weight excluding hydrogens is 342 g/mol. The zero-order valence-electron chi connectivity index (χ0n) is 16.3. The van der Waals surface area contributed by atoms with Crippen LogP contribution in [-0.2, 0) is 11.2 Å². The van der Waals surface area contributed by atoms with Crippen LogP contribution in [0, 0.1) is 26.7 Å². The van der Waals surface area contributed by atoms with E-state index in [9.17, 15) is 4.79 Å². The van der Waals surface area contributed by atoms with Gasteiger partial charge in [0.2, 0.25) is 5.91 Å². The third kappa shape index (κ3) is 3.55. The summed E-state index contributed by atoms with van der Waals surface area (Å²) in [6.45, 7) is 8.49. The molecule has 0 saturated carbocycles. The summed E-state index contributed by atoms with van der Waals surface area (Å²) < 4.78 is 5.22. The van der Waals surface area contributed by atoms with E-state index in [0.717, 1.165) is 61.1 Å². The average molecular weight is 369 g/mol. The molecule has 1 amide bonds. The predicted octanol–water partition coefficient (Wildman–Crippen LogP) is 2.45. The average Bonchev–Trinajstić information content (AvgIpc) is 3.22. The molecule has 0 aromatic carbocycles. The summed E-state index contributed by atoms with van der Waals surface area (Å²) in [5.74, 6) is 3.42. The molecule has 0 spiro atoms. The molecule has 2 unspecified atom stereocenters. The first-order valence-electron chi connectivity index (χ1n) is 9.78. The van der Waals surface area contributed by atoms with Crippen molar-refractivity contribution < 1.29 is 9.32 Å². The number of carbonyl (C=O) groups excluding carboxylic acids is 1. The summed E-state index contributed by atoms with van der Waals surface area (Å²) >= 11 is 0. The normalized spacial score (nSPS) is 22.2. The summed E-state index contributed by atoms with van der Waals surface area (Å²) in [4.78, 5) is 26.1. The fourth-order valence-electron chi connectivity index (χ4n) is 4.51. The standard InChI is InChI=1S/C20H27N5O2/c1-13-17(14(2)27-23-13)4-5-20(26)25-11-8-16-7-10-24(12-18(16)25)19-6-9-21-15(3)22-19/h6,9,16,18H,4-5,7-8,10-12H2,1-3H3. The number of fused-ring (bicyclic) bond motifs is 1. The molecule has 2 atom stereocenters. The molecule has 2 saturated heterocycles. The van der Waals surface area contributed by atoms with E-state index >= 15 is 0 Å². The number of nitrogens with zero attached hydrogens (tertiary/aromatic N) is 5. The van der Waals surface area contributed by atoms with Crippen LogP contribution >= 0.6 is 0 Å². The van der Waals surface area contributed by atoms with E-state index < -0.39 is 0 Å². The van der Waals surface area contributed by atoms with E-state index in [4.69, 9.17) is 4.52 Å². The third-order valence-corrected chi connectivity index (χ3v) is 6.04. The number of rotatable bonds is 4. The Morgan fingerprint density at radius 2 is 2.07 bits per heavy atom. The van der Waals surface area contributed by atoms with Crippen molar-refractivity contribution in [1.82, 2.24) is 20.0 Å². The monoisotopic (exact) mass is 369 g/mol. The van der Waals surface area contributed by atoms with Crippen LogP contribution in [0.25, 0.3) is 0 Å². The maximum atomic E-state index is 12.9. The minimum Gasteiger partial charge on any atom is -0.361 e. The van der Waals surface area contributed by atoms with Gasteiger partial charge in [-0.2, -0.15) is 0 Å². The van der Waals surface area contributed by atoms with Gasteiger partial charge in [0.05, 0.1) is 11.7 Å². The van der Waals surface area contributed by atoms with E-state index in [-0.39, 0.29) is 11.9 Å². The minimum atomic E-state index is 0.239. The number of anilines is 1. The molecule has 0 aliphatic carbocycles. The van der Waals surface area contributed by atoms with Gasteiger partial charge < -0.3 is 14.3 Å². The van der Waals surface area contributed by atoms with Crippen LogP contribution in [0.3, 0.4) is 0 Å². The van der Waals surface area contributed by atoms with E-state index in [1.807, 2.05) is 33.0 Å². The number of amides is 1. The fourth-order valence-corrected chi connectivity index (χ4v) is 4.51.